The fourth-order valence-corrected chi connectivity index (χ4v) is 8.48. The van der Waals surface area contributed by atoms with Gasteiger partial charge in [-0.15, -0.1) is 0 Å². The number of aliphatic hydroxyl groups excluding tert-OH is 2. The molecule has 0 saturated carbocycles. The number of allylic oxidation sites excluding steroid dienone is 16. The molecule has 12 nitrogen and oxygen atoms in total. The molecule has 0 radical (unpaired) electrons. The van der Waals surface area contributed by atoms with Crippen LogP contribution in [0.2, 0.25) is 0 Å². The van der Waals surface area contributed by atoms with Crippen molar-refractivity contribution < 1.29 is 58.2 Å². The van der Waals surface area contributed by atoms with E-state index in [0.717, 1.165) is 122 Å². The monoisotopic (exact) mass is 1080 g/mol. The molecule has 0 bridgehead atoms. The van der Waals surface area contributed by atoms with Crippen molar-refractivity contribution in [3.8, 4) is 0 Å². The Morgan fingerprint density at radius 3 is 1.32 bits per heavy atom. The molecule has 1 saturated heterocycles. The molecule has 1 aliphatic heterocycles. The van der Waals surface area contributed by atoms with Crippen LogP contribution in [0, 0.1) is 0 Å². The molecule has 6 unspecified atom stereocenters. The molecule has 0 amide bonds. The maximum Gasteiger partial charge on any atom is 0.335 e. The molecule has 0 aliphatic carbocycles. The number of aliphatic carboxylic acids is 1. The van der Waals surface area contributed by atoms with Gasteiger partial charge in [0.2, 0.25) is 0 Å². The third-order valence-electron chi connectivity index (χ3n) is 13.1. The topological polar surface area (TPSA) is 175 Å². The van der Waals surface area contributed by atoms with Crippen molar-refractivity contribution in [1.29, 1.82) is 0 Å². The van der Waals surface area contributed by atoms with Crippen LogP contribution in [0.25, 0.3) is 0 Å². The van der Waals surface area contributed by atoms with Crippen LogP contribution in [-0.2, 0) is 42.9 Å². The van der Waals surface area contributed by atoms with E-state index in [4.69, 9.17) is 23.7 Å². The predicted octanol–water partition coefficient (Wildman–Crippen LogP) is 15.7. The smallest absolute Gasteiger partial charge is 0.335 e. The quantitative estimate of drug-likeness (QED) is 0.0228. The van der Waals surface area contributed by atoms with Gasteiger partial charge in [0.25, 0.3) is 0 Å². The molecule has 1 aliphatic rings. The zero-order valence-electron chi connectivity index (χ0n) is 48.2. The summed E-state index contributed by atoms with van der Waals surface area (Å²) in [5.41, 5.74) is 0. The van der Waals surface area contributed by atoms with E-state index in [2.05, 4.69) is 118 Å². The lowest BCUT2D eigenvalue weighted by Gasteiger charge is -2.40. The molecular formula is C65H106O12. The van der Waals surface area contributed by atoms with E-state index in [9.17, 15) is 34.5 Å². The van der Waals surface area contributed by atoms with Gasteiger partial charge in [-0.2, -0.15) is 0 Å². The normalized spacial score (nSPS) is 18.7. The van der Waals surface area contributed by atoms with Gasteiger partial charge in [0.05, 0.1) is 6.61 Å². The zero-order valence-corrected chi connectivity index (χ0v) is 48.2. The Balaban J connectivity index is 2.71. The van der Waals surface area contributed by atoms with Gasteiger partial charge in [-0.3, -0.25) is 14.4 Å². The Morgan fingerprint density at radius 2 is 0.844 bits per heavy atom. The van der Waals surface area contributed by atoms with Gasteiger partial charge >= 0.3 is 23.9 Å². The number of ether oxygens (including phenoxy) is 5. The van der Waals surface area contributed by atoms with Gasteiger partial charge in [0, 0.05) is 19.3 Å². The Hall–Kier alpha value is -4.36. The maximum absolute atomic E-state index is 13.1. The van der Waals surface area contributed by atoms with Gasteiger partial charge in [-0.1, -0.05) is 201 Å². The van der Waals surface area contributed by atoms with Crippen LogP contribution in [0.4, 0.5) is 0 Å². The van der Waals surface area contributed by atoms with Crippen molar-refractivity contribution in [3.63, 3.8) is 0 Å². The van der Waals surface area contributed by atoms with Crippen LogP contribution in [-0.4, -0.2) is 89.2 Å². The van der Waals surface area contributed by atoms with E-state index in [-0.39, 0.29) is 25.9 Å². The Bertz CT molecular complexity index is 1710. The van der Waals surface area contributed by atoms with Gasteiger partial charge < -0.3 is 39.0 Å². The first-order chi connectivity index (χ1) is 37.6. The van der Waals surface area contributed by atoms with Gasteiger partial charge in [-0.05, 0) is 116 Å². The first-order valence-corrected chi connectivity index (χ1v) is 30.2. The van der Waals surface area contributed by atoms with Crippen molar-refractivity contribution in [2.45, 2.75) is 276 Å². The molecule has 1 rings (SSSR count). The number of hydrogen-bond acceptors (Lipinski definition) is 11. The van der Waals surface area contributed by atoms with Crippen molar-refractivity contribution in [1.82, 2.24) is 0 Å². The summed E-state index contributed by atoms with van der Waals surface area (Å²) in [6.07, 6.45) is 56.6. The Kier molecular flexibility index (Phi) is 48.0. The molecule has 6 atom stereocenters. The summed E-state index contributed by atoms with van der Waals surface area (Å²) < 4.78 is 28.4. The molecule has 12 heteroatoms. The Morgan fingerprint density at radius 1 is 0.442 bits per heavy atom. The third kappa shape index (κ3) is 42.3. The molecule has 0 spiro atoms. The van der Waals surface area contributed by atoms with E-state index in [1.807, 2.05) is 0 Å². The molecule has 0 aromatic carbocycles. The van der Waals surface area contributed by atoms with Crippen LogP contribution >= 0.6 is 0 Å². The molecular weight excluding hydrogens is 973 g/mol. The first kappa shape index (κ1) is 70.7. The van der Waals surface area contributed by atoms with Crippen molar-refractivity contribution >= 4 is 23.9 Å². The van der Waals surface area contributed by atoms with Crippen LogP contribution in [0.15, 0.2) is 97.2 Å². The number of esters is 3. The molecule has 1 fully saturated rings. The number of hydrogen-bond donors (Lipinski definition) is 3. The average Bonchev–Trinajstić information content (AvgIpc) is 3.41. The van der Waals surface area contributed by atoms with E-state index in [0.29, 0.717) is 19.3 Å². The van der Waals surface area contributed by atoms with Crippen LogP contribution in [0.5, 0.6) is 0 Å². The standard InChI is InChI=1S/C65H106O12/c1-4-7-10-13-16-19-22-25-27-28-29-30-32-34-36-39-42-45-48-51-57(66)73-54-56(75-58(67)52-49-46-43-40-38-35-31-26-23-20-17-14-11-8-5-2)55-74-65-63(61(70)60(69)62(77-65)64(71)72)76-59(68)53-50-47-44-41-37-33-24-21-18-15-12-9-6-3/h8,11-12,15-17,19-21,24-27,31,38,40,56,60-63,65,69-70H,4-7,9-10,13-14,18,22-23,28-30,32-37,39,41-55H2,1-3H3,(H,71,72)/b11-8-,15-12-,19-16-,20-17-,24-21-,27-25-,31-26-,40-38-. The minimum Gasteiger partial charge on any atom is -0.479 e. The highest BCUT2D eigenvalue weighted by Crippen LogP contribution is 2.26. The number of rotatable bonds is 50. The summed E-state index contributed by atoms with van der Waals surface area (Å²) in [4.78, 5) is 51.1. The number of aliphatic hydroxyl groups is 2. The minimum atomic E-state index is -1.92. The maximum atomic E-state index is 13.1. The first-order valence-electron chi connectivity index (χ1n) is 30.2. The molecule has 1 heterocycles. The SMILES string of the molecule is CC/C=C\C/C=C\C/C=C\C/C=C\CCCCC(=O)OC(COC(=O)CCCCCCCCCCC/C=C\C/C=C\CCCCC)COC1OC(C(=O)O)C(O)C(O)C1OC(=O)CCCCCCC/C=C\C/C=C\CCC. The second kappa shape index (κ2) is 52.3. The largest absolute Gasteiger partial charge is 0.479 e. The fraction of sp³-hybridized carbons (Fsp3) is 0.692. The average molecular weight is 1080 g/mol. The summed E-state index contributed by atoms with van der Waals surface area (Å²) in [5, 5.41) is 31.5. The van der Waals surface area contributed by atoms with E-state index in [1.54, 1.807) is 0 Å². The molecule has 3 N–H and O–H groups in total. The second-order valence-corrected chi connectivity index (χ2v) is 20.2. The zero-order chi connectivity index (χ0) is 56.1. The number of carboxylic acids is 1. The van der Waals surface area contributed by atoms with Gasteiger partial charge in [0.15, 0.2) is 24.6 Å². The number of carbonyl (C=O) groups excluding carboxylic acids is 3. The van der Waals surface area contributed by atoms with Crippen LogP contribution in [0.1, 0.15) is 239 Å². The van der Waals surface area contributed by atoms with Crippen molar-refractivity contribution in [2.75, 3.05) is 13.2 Å². The lowest BCUT2D eigenvalue weighted by Crippen LogP contribution is -2.61. The summed E-state index contributed by atoms with van der Waals surface area (Å²) in [5.74, 6) is -3.21. The van der Waals surface area contributed by atoms with Crippen molar-refractivity contribution in [3.05, 3.63) is 97.2 Å². The fourth-order valence-electron chi connectivity index (χ4n) is 8.48. The van der Waals surface area contributed by atoms with E-state index in [1.165, 1.54) is 57.8 Å². The third-order valence-corrected chi connectivity index (χ3v) is 13.1. The molecule has 438 valence electrons. The lowest BCUT2D eigenvalue weighted by molar-refractivity contribution is -0.301. The van der Waals surface area contributed by atoms with Crippen LogP contribution < -0.4 is 0 Å². The summed E-state index contributed by atoms with van der Waals surface area (Å²) in [7, 11) is 0. The molecule has 0 aromatic rings. The second-order valence-electron chi connectivity index (χ2n) is 20.2. The summed E-state index contributed by atoms with van der Waals surface area (Å²) in [6, 6.07) is 0. The van der Waals surface area contributed by atoms with E-state index < -0.39 is 67.3 Å². The van der Waals surface area contributed by atoms with Gasteiger partial charge in [-0.25, -0.2) is 4.79 Å². The highest BCUT2D eigenvalue weighted by Gasteiger charge is 2.50. The summed E-state index contributed by atoms with van der Waals surface area (Å²) >= 11 is 0. The number of carbonyl (C=O) groups is 4. The highest BCUT2D eigenvalue weighted by molar-refractivity contribution is 5.74. The minimum absolute atomic E-state index is 0.0348. The number of unbranched alkanes of at least 4 members (excludes halogenated alkanes) is 20. The molecule has 77 heavy (non-hydrogen) atoms. The number of carboxylic acid groups (broad SMARTS) is 1. The van der Waals surface area contributed by atoms with Crippen LogP contribution in [0.3, 0.4) is 0 Å². The van der Waals surface area contributed by atoms with Gasteiger partial charge in [0.1, 0.15) is 18.8 Å². The molecule has 0 aromatic heterocycles. The van der Waals surface area contributed by atoms with E-state index >= 15 is 0 Å². The Labute approximate surface area is 466 Å². The summed E-state index contributed by atoms with van der Waals surface area (Å²) in [6.45, 7) is 5.74. The lowest BCUT2D eigenvalue weighted by atomic mass is 9.98. The highest BCUT2D eigenvalue weighted by atomic mass is 16.7. The van der Waals surface area contributed by atoms with Crippen molar-refractivity contribution in [2.24, 2.45) is 0 Å². The predicted molar refractivity (Wildman–Crippen MR) is 312 cm³/mol.